The van der Waals surface area contributed by atoms with E-state index in [4.69, 9.17) is 0 Å². The third-order valence-electron chi connectivity index (χ3n) is 4.07. The molecule has 2 aliphatic heterocycles. The number of likely N-dealkylation sites (tertiary alicyclic amines) is 1. The van der Waals surface area contributed by atoms with E-state index in [1.54, 1.807) is 11.8 Å². The van der Waals surface area contributed by atoms with Gasteiger partial charge < -0.3 is 15.3 Å². The number of aliphatic carboxylic acids is 1. The molecule has 23 heavy (non-hydrogen) atoms. The van der Waals surface area contributed by atoms with E-state index in [1.807, 2.05) is 0 Å². The van der Waals surface area contributed by atoms with Crippen molar-refractivity contribution in [1.29, 1.82) is 0 Å². The highest BCUT2D eigenvalue weighted by atomic mass is 32.2. The van der Waals surface area contributed by atoms with Crippen LogP contribution >= 0.6 is 11.8 Å². The van der Waals surface area contributed by atoms with Crippen LogP contribution in [0.25, 0.3) is 0 Å². The van der Waals surface area contributed by atoms with E-state index < -0.39 is 42.0 Å². The van der Waals surface area contributed by atoms with Gasteiger partial charge in [0.05, 0.1) is 5.92 Å². The predicted molar refractivity (Wildman–Crippen MR) is 75.8 cm³/mol. The Kier molecular flexibility index (Phi) is 5.12. The molecule has 2 aliphatic rings. The monoisotopic (exact) mass is 354 g/mol. The maximum Gasteiger partial charge on any atom is 0.406 e. The van der Waals surface area contributed by atoms with Gasteiger partial charge in [-0.25, -0.2) is 4.79 Å². The number of nitrogens with zero attached hydrogens (tertiary/aromatic N) is 1. The summed E-state index contributed by atoms with van der Waals surface area (Å²) in [7, 11) is 0. The molecule has 2 rings (SSSR count). The van der Waals surface area contributed by atoms with Gasteiger partial charge in [-0.05, 0) is 24.3 Å². The first-order chi connectivity index (χ1) is 10.6. The Labute approximate surface area is 134 Å². The summed E-state index contributed by atoms with van der Waals surface area (Å²) < 4.78 is 37.1. The fourth-order valence-electron chi connectivity index (χ4n) is 2.77. The molecule has 130 valence electrons. The number of amides is 2. The molecule has 0 aromatic heterocycles. The Morgan fingerprint density at radius 1 is 1.35 bits per heavy atom. The van der Waals surface area contributed by atoms with E-state index in [0.717, 1.165) is 0 Å². The summed E-state index contributed by atoms with van der Waals surface area (Å²) in [5.74, 6) is -2.35. The largest absolute Gasteiger partial charge is 0.480 e. The lowest BCUT2D eigenvalue weighted by Crippen LogP contribution is -2.58. The molecule has 0 saturated carbocycles. The minimum absolute atomic E-state index is 0.256. The molecule has 2 N–H and O–H groups in total. The van der Waals surface area contributed by atoms with Gasteiger partial charge in [-0.2, -0.15) is 24.9 Å². The number of alkyl halides is 3. The number of rotatable bonds is 4. The average Bonchev–Trinajstić information content (AvgIpc) is 2.79. The van der Waals surface area contributed by atoms with Crippen LogP contribution in [0.2, 0.25) is 0 Å². The molecule has 1 atom stereocenters. The van der Waals surface area contributed by atoms with Crippen molar-refractivity contribution in [2.75, 3.05) is 24.6 Å². The third-order valence-corrected chi connectivity index (χ3v) is 5.06. The summed E-state index contributed by atoms with van der Waals surface area (Å²) in [5, 5.41) is 11.9. The molecule has 1 unspecified atom stereocenters. The summed E-state index contributed by atoms with van der Waals surface area (Å²) in [6, 6.07) is 0. The van der Waals surface area contributed by atoms with Crippen LogP contribution in [0.15, 0.2) is 0 Å². The quantitative estimate of drug-likeness (QED) is 0.782. The average molecular weight is 354 g/mol. The van der Waals surface area contributed by atoms with Crippen molar-refractivity contribution < 1.29 is 32.7 Å². The summed E-state index contributed by atoms with van der Waals surface area (Å²) in [6.07, 6.45) is -4.34. The molecule has 2 fully saturated rings. The molecule has 0 aliphatic carbocycles. The molecule has 2 saturated heterocycles. The lowest BCUT2D eigenvalue weighted by molar-refractivity contribution is -0.157. The molecule has 0 aromatic rings. The molecule has 0 spiro atoms. The Balaban J connectivity index is 2.01. The van der Waals surface area contributed by atoms with E-state index in [9.17, 15) is 32.7 Å². The standard InChI is InChI=1S/C13H17F3N2O4S/c14-13(15,16)7-18-6-8(5-9(18)19)10(20)17-12(11(21)22)1-3-23-4-2-12/h8H,1-7H2,(H,17,20)(H,21,22). The third kappa shape index (κ3) is 4.30. The number of carboxylic acid groups (broad SMARTS) is 1. The van der Waals surface area contributed by atoms with Crippen molar-refractivity contribution >= 4 is 29.5 Å². The number of nitrogens with one attached hydrogen (secondary N) is 1. The number of carbonyl (C=O) groups excluding carboxylic acids is 2. The minimum atomic E-state index is -4.52. The van der Waals surface area contributed by atoms with E-state index in [2.05, 4.69) is 5.32 Å². The normalized spacial score (nSPS) is 24.6. The number of hydrogen-bond acceptors (Lipinski definition) is 4. The Morgan fingerprint density at radius 2 is 1.96 bits per heavy atom. The first kappa shape index (κ1) is 17.9. The maximum atomic E-state index is 12.4. The number of carbonyl (C=O) groups is 3. The highest BCUT2D eigenvalue weighted by Gasteiger charge is 2.45. The zero-order valence-electron chi connectivity index (χ0n) is 12.2. The number of halogens is 3. The minimum Gasteiger partial charge on any atom is -0.480 e. The van der Waals surface area contributed by atoms with Gasteiger partial charge in [0, 0.05) is 13.0 Å². The SMILES string of the molecule is O=C(NC1(C(=O)O)CCSCC1)C1CC(=O)N(CC(F)(F)F)C1. The molecule has 2 amide bonds. The van der Waals surface area contributed by atoms with E-state index >= 15 is 0 Å². The van der Waals surface area contributed by atoms with Crippen molar-refractivity contribution in [2.45, 2.75) is 31.0 Å². The Hall–Kier alpha value is -1.45. The van der Waals surface area contributed by atoms with Crippen LogP contribution in [0.3, 0.4) is 0 Å². The molecule has 10 heteroatoms. The van der Waals surface area contributed by atoms with Crippen molar-refractivity contribution in [3.05, 3.63) is 0 Å². The lowest BCUT2D eigenvalue weighted by atomic mass is 9.91. The summed E-state index contributed by atoms with van der Waals surface area (Å²) in [4.78, 5) is 35.9. The first-order valence-electron chi connectivity index (χ1n) is 7.11. The number of hydrogen-bond donors (Lipinski definition) is 2. The second kappa shape index (κ2) is 6.58. The van der Waals surface area contributed by atoms with Crippen LogP contribution in [0, 0.1) is 5.92 Å². The van der Waals surface area contributed by atoms with Crippen molar-refractivity contribution in [2.24, 2.45) is 5.92 Å². The molecule has 0 bridgehead atoms. The molecule has 2 heterocycles. The van der Waals surface area contributed by atoms with Gasteiger partial charge in [0.2, 0.25) is 11.8 Å². The highest BCUT2D eigenvalue weighted by Crippen LogP contribution is 2.29. The van der Waals surface area contributed by atoms with Gasteiger partial charge in [0.25, 0.3) is 0 Å². The van der Waals surface area contributed by atoms with Gasteiger partial charge in [-0.15, -0.1) is 0 Å². The van der Waals surface area contributed by atoms with Crippen LogP contribution in [0.4, 0.5) is 13.2 Å². The van der Waals surface area contributed by atoms with Crippen LogP contribution in [0.1, 0.15) is 19.3 Å². The fourth-order valence-corrected chi connectivity index (χ4v) is 3.96. The highest BCUT2D eigenvalue weighted by molar-refractivity contribution is 7.99. The topological polar surface area (TPSA) is 86.7 Å². The summed E-state index contributed by atoms with van der Waals surface area (Å²) in [6.45, 7) is -1.73. The Morgan fingerprint density at radius 3 is 2.48 bits per heavy atom. The van der Waals surface area contributed by atoms with Gasteiger partial charge in [0.15, 0.2) is 0 Å². The smallest absolute Gasteiger partial charge is 0.406 e. The van der Waals surface area contributed by atoms with E-state index in [0.29, 0.717) is 16.4 Å². The van der Waals surface area contributed by atoms with Crippen LogP contribution < -0.4 is 5.32 Å². The molecular weight excluding hydrogens is 337 g/mol. The van der Waals surface area contributed by atoms with Crippen molar-refractivity contribution in [3.8, 4) is 0 Å². The van der Waals surface area contributed by atoms with Gasteiger partial charge in [0.1, 0.15) is 12.1 Å². The number of carboxylic acids is 1. The zero-order chi connectivity index (χ0) is 17.3. The second-order valence-corrected chi connectivity index (χ2v) is 7.00. The molecule has 0 radical (unpaired) electrons. The van der Waals surface area contributed by atoms with Gasteiger partial charge in [-0.1, -0.05) is 0 Å². The van der Waals surface area contributed by atoms with Crippen LogP contribution in [-0.2, 0) is 14.4 Å². The predicted octanol–water partition coefficient (Wildman–Crippen LogP) is 0.864. The van der Waals surface area contributed by atoms with Crippen LogP contribution in [-0.4, -0.2) is 64.1 Å². The molecular formula is C13H17F3N2O4S. The van der Waals surface area contributed by atoms with Crippen LogP contribution in [0.5, 0.6) is 0 Å². The maximum absolute atomic E-state index is 12.4. The van der Waals surface area contributed by atoms with E-state index in [-0.39, 0.29) is 25.8 Å². The molecule has 6 nitrogen and oxygen atoms in total. The van der Waals surface area contributed by atoms with Gasteiger partial charge in [-0.3, -0.25) is 9.59 Å². The van der Waals surface area contributed by atoms with Crippen molar-refractivity contribution in [3.63, 3.8) is 0 Å². The Bertz CT molecular complexity index is 506. The van der Waals surface area contributed by atoms with Gasteiger partial charge >= 0.3 is 12.1 Å². The lowest BCUT2D eigenvalue weighted by Gasteiger charge is -2.34. The first-order valence-corrected chi connectivity index (χ1v) is 8.26. The van der Waals surface area contributed by atoms with E-state index in [1.165, 1.54) is 0 Å². The summed E-state index contributed by atoms with van der Waals surface area (Å²) in [5.41, 5.74) is -1.39. The fraction of sp³-hybridized carbons (Fsp3) is 0.769. The molecule has 0 aromatic carbocycles. The summed E-state index contributed by atoms with van der Waals surface area (Å²) >= 11 is 1.58. The van der Waals surface area contributed by atoms with Crippen molar-refractivity contribution in [1.82, 2.24) is 10.2 Å². The zero-order valence-corrected chi connectivity index (χ0v) is 13.0. The second-order valence-electron chi connectivity index (χ2n) is 5.78. The number of thioether (sulfide) groups is 1.